The number of fused-ring (bicyclic) bond motifs is 2. The van der Waals surface area contributed by atoms with Gasteiger partial charge in [-0.05, 0) is 43.3 Å². The van der Waals surface area contributed by atoms with Gasteiger partial charge in [-0.2, -0.15) is 5.10 Å². The Labute approximate surface area is 220 Å². The predicted octanol–water partition coefficient (Wildman–Crippen LogP) is 4.30. The lowest BCUT2D eigenvalue weighted by Crippen LogP contribution is -2.44. The number of nitrogens with one attached hydrogen (secondary N) is 3. The van der Waals surface area contributed by atoms with Crippen LogP contribution in [0, 0.1) is 5.92 Å². The lowest BCUT2D eigenvalue weighted by molar-refractivity contribution is -0.116. The second kappa shape index (κ2) is 9.86. The Morgan fingerprint density at radius 3 is 2.68 bits per heavy atom. The van der Waals surface area contributed by atoms with Gasteiger partial charge in [0.15, 0.2) is 11.5 Å². The topological polar surface area (TPSA) is 119 Å². The first-order valence-electron chi connectivity index (χ1n) is 13.0. The molecule has 1 aromatic carbocycles. The van der Waals surface area contributed by atoms with Crippen molar-refractivity contribution >= 4 is 39.3 Å². The van der Waals surface area contributed by atoms with E-state index in [0.717, 1.165) is 65.2 Å². The number of anilines is 2. The summed E-state index contributed by atoms with van der Waals surface area (Å²) in [5, 5.41) is 10.6. The molecular weight excluding hydrogens is 478 g/mol. The Balaban J connectivity index is 1.34. The van der Waals surface area contributed by atoms with E-state index in [9.17, 15) is 4.79 Å². The molecule has 194 valence electrons. The summed E-state index contributed by atoms with van der Waals surface area (Å²) in [7, 11) is 2.16. The number of pyridine rings is 2. The monoisotopic (exact) mass is 509 g/mol. The Hall–Kier alpha value is -4.31. The fourth-order valence-corrected chi connectivity index (χ4v) is 4.89. The van der Waals surface area contributed by atoms with E-state index in [0.29, 0.717) is 23.6 Å². The highest BCUT2D eigenvalue weighted by Gasteiger charge is 2.20. The van der Waals surface area contributed by atoms with Crippen LogP contribution in [0.5, 0.6) is 0 Å². The number of carbonyl (C=O) groups excluding carboxylic acids is 1. The van der Waals surface area contributed by atoms with Crippen LogP contribution in [0.1, 0.15) is 20.3 Å². The minimum absolute atomic E-state index is 0.0275. The van der Waals surface area contributed by atoms with E-state index < -0.39 is 0 Å². The molecule has 0 radical (unpaired) electrons. The van der Waals surface area contributed by atoms with Gasteiger partial charge in [0.25, 0.3) is 0 Å². The number of carbonyl (C=O) groups is 1. The van der Waals surface area contributed by atoms with E-state index in [1.54, 1.807) is 12.4 Å². The summed E-state index contributed by atoms with van der Waals surface area (Å²) in [6.45, 7) is 8.04. The summed E-state index contributed by atoms with van der Waals surface area (Å²) < 4.78 is 0. The van der Waals surface area contributed by atoms with Crippen molar-refractivity contribution < 1.29 is 4.79 Å². The number of benzene rings is 1. The fraction of sp³-hybridized carbons (Fsp3) is 0.321. The molecule has 10 nitrogen and oxygen atoms in total. The molecule has 0 saturated carbocycles. The lowest BCUT2D eigenvalue weighted by atomic mass is 10.1. The maximum Gasteiger partial charge on any atom is 0.224 e. The summed E-state index contributed by atoms with van der Waals surface area (Å²) >= 11 is 0. The van der Waals surface area contributed by atoms with Gasteiger partial charge in [0.2, 0.25) is 5.91 Å². The highest BCUT2D eigenvalue weighted by molar-refractivity contribution is 5.95. The normalized spacial score (nSPS) is 14.6. The van der Waals surface area contributed by atoms with Gasteiger partial charge in [-0.25, -0.2) is 9.97 Å². The van der Waals surface area contributed by atoms with Gasteiger partial charge in [0.05, 0.1) is 34.3 Å². The quantitative estimate of drug-likeness (QED) is 0.312. The smallest absolute Gasteiger partial charge is 0.224 e. The van der Waals surface area contributed by atoms with E-state index in [1.165, 1.54) is 0 Å². The van der Waals surface area contributed by atoms with Crippen LogP contribution >= 0.6 is 0 Å². The molecule has 38 heavy (non-hydrogen) atoms. The van der Waals surface area contributed by atoms with Crippen molar-refractivity contribution in [2.45, 2.75) is 20.3 Å². The average molecular weight is 510 g/mol. The van der Waals surface area contributed by atoms with Crippen molar-refractivity contribution in [3.8, 4) is 22.8 Å². The van der Waals surface area contributed by atoms with Gasteiger partial charge in [-0.3, -0.25) is 14.9 Å². The van der Waals surface area contributed by atoms with Gasteiger partial charge in [0.1, 0.15) is 11.0 Å². The molecule has 5 aromatic rings. The first kappa shape index (κ1) is 24.1. The minimum Gasteiger partial charge on any atom is -0.367 e. The maximum atomic E-state index is 12.2. The van der Waals surface area contributed by atoms with Crippen molar-refractivity contribution in [2.75, 3.05) is 43.4 Å². The standard InChI is InChI=1S/C28H31N9O/c1-17(2)13-24(38)30-19-14-18(15-29-16-19)20-7-8-22-26(31-20)27(35-34-22)28-32-21-5-4-6-23(25(21)33-28)37-11-9-36(3)10-12-37/h4-8,14-17H,9-13H2,1-3H3,(H,30,38)(H,32,33)(H,34,35). The maximum absolute atomic E-state index is 12.2. The van der Waals surface area contributed by atoms with Crippen molar-refractivity contribution in [1.29, 1.82) is 0 Å². The Bertz CT molecular complexity index is 1610. The number of H-pyrrole nitrogens is 2. The molecule has 0 aliphatic carbocycles. The number of likely N-dealkylation sites (N-methyl/N-ethyl adjacent to an activating group) is 1. The van der Waals surface area contributed by atoms with Crippen LogP contribution in [0.3, 0.4) is 0 Å². The van der Waals surface area contributed by atoms with Crippen LogP contribution in [0.2, 0.25) is 0 Å². The molecule has 0 spiro atoms. The van der Waals surface area contributed by atoms with Gasteiger partial charge in [0, 0.05) is 44.4 Å². The van der Waals surface area contributed by atoms with Crippen LogP contribution in [-0.2, 0) is 4.79 Å². The van der Waals surface area contributed by atoms with Crippen molar-refractivity contribution in [3.05, 3.63) is 48.8 Å². The van der Waals surface area contributed by atoms with Crippen molar-refractivity contribution in [3.63, 3.8) is 0 Å². The van der Waals surface area contributed by atoms with E-state index in [4.69, 9.17) is 9.97 Å². The van der Waals surface area contributed by atoms with E-state index >= 15 is 0 Å². The highest BCUT2D eigenvalue weighted by Crippen LogP contribution is 2.31. The molecule has 0 bridgehead atoms. The number of piperazine rings is 1. The Morgan fingerprint density at radius 2 is 1.87 bits per heavy atom. The largest absolute Gasteiger partial charge is 0.367 e. The van der Waals surface area contributed by atoms with Crippen molar-refractivity contribution in [1.82, 2.24) is 35.0 Å². The molecule has 5 heterocycles. The second-order valence-electron chi connectivity index (χ2n) is 10.3. The number of hydrogen-bond acceptors (Lipinski definition) is 7. The highest BCUT2D eigenvalue weighted by atomic mass is 16.1. The summed E-state index contributed by atoms with van der Waals surface area (Å²) in [4.78, 5) is 34.7. The van der Waals surface area contributed by atoms with Crippen LogP contribution in [-0.4, -0.2) is 74.2 Å². The minimum atomic E-state index is -0.0275. The zero-order chi connectivity index (χ0) is 26.2. The van der Waals surface area contributed by atoms with Crippen LogP contribution in [0.15, 0.2) is 48.8 Å². The molecule has 0 unspecified atom stereocenters. The SMILES string of the molecule is CC(C)CC(=O)Nc1cncc(-c2ccc3[nH]nc(-c4nc5c(N6CCN(C)CC6)cccc5[nH]4)c3n2)c1. The Morgan fingerprint density at radius 1 is 1.03 bits per heavy atom. The zero-order valence-corrected chi connectivity index (χ0v) is 21.8. The summed E-state index contributed by atoms with van der Waals surface area (Å²) in [5.74, 6) is 0.927. The molecule has 0 atom stereocenters. The molecule has 3 N–H and O–H groups in total. The molecule has 1 saturated heterocycles. The predicted molar refractivity (Wildman–Crippen MR) is 150 cm³/mol. The molecule has 1 aliphatic heterocycles. The fourth-order valence-electron chi connectivity index (χ4n) is 4.89. The van der Waals surface area contributed by atoms with Crippen molar-refractivity contribution in [2.24, 2.45) is 5.92 Å². The first-order valence-corrected chi connectivity index (χ1v) is 13.0. The summed E-state index contributed by atoms with van der Waals surface area (Å²) in [6.07, 6.45) is 3.85. The van der Waals surface area contributed by atoms with Crippen LogP contribution in [0.25, 0.3) is 44.8 Å². The van der Waals surface area contributed by atoms with Gasteiger partial charge in [-0.15, -0.1) is 0 Å². The van der Waals surface area contributed by atoms with Gasteiger partial charge < -0.3 is 20.1 Å². The third kappa shape index (κ3) is 4.70. The molecule has 1 fully saturated rings. The van der Waals surface area contributed by atoms with Crippen LogP contribution < -0.4 is 10.2 Å². The van der Waals surface area contributed by atoms with Gasteiger partial charge >= 0.3 is 0 Å². The number of amides is 1. The number of aromatic amines is 2. The molecule has 4 aromatic heterocycles. The zero-order valence-electron chi connectivity index (χ0n) is 21.8. The second-order valence-corrected chi connectivity index (χ2v) is 10.3. The van der Waals surface area contributed by atoms with E-state index in [2.05, 4.69) is 54.5 Å². The lowest BCUT2D eigenvalue weighted by Gasteiger charge is -2.34. The molecule has 6 rings (SSSR count). The number of imidazole rings is 1. The summed E-state index contributed by atoms with van der Waals surface area (Å²) in [6, 6.07) is 12.0. The molecule has 10 heteroatoms. The van der Waals surface area contributed by atoms with E-state index in [1.807, 2.05) is 38.1 Å². The van der Waals surface area contributed by atoms with Crippen LogP contribution in [0.4, 0.5) is 11.4 Å². The molecular formula is C28H31N9O. The molecule has 1 amide bonds. The first-order chi connectivity index (χ1) is 18.4. The molecule has 1 aliphatic rings. The summed E-state index contributed by atoms with van der Waals surface area (Å²) in [5.41, 5.74) is 7.44. The number of hydrogen-bond donors (Lipinski definition) is 3. The number of nitrogens with zero attached hydrogens (tertiary/aromatic N) is 6. The number of rotatable bonds is 6. The average Bonchev–Trinajstić information content (AvgIpc) is 3.52. The van der Waals surface area contributed by atoms with E-state index in [-0.39, 0.29) is 11.8 Å². The van der Waals surface area contributed by atoms with Gasteiger partial charge in [-0.1, -0.05) is 19.9 Å². The third-order valence-corrected chi connectivity index (χ3v) is 6.88. The number of aromatic nitrogens is 6. The third-order valence-electron chi connectivity index (χ3n) is 6.88. The number of para-hydroxylation sites is 1. The Kier molecular flexibility index (Phi) is 6.24.